The fourth-order valence-electron chi connectivity index (χ4n) is 1.42. The molecule has 0 aromatic carbocycles. The Morgan fingerprint density at radius 2 is 2.22 bits per heavy atom. The number of carbonyl (C=O) groups is 1. The zero-order valence-corrected chi connectivity index (χ0v) is 10.8. The molecular formula is C11H15N3O3S. The molecule has 0 bridgehead atoms. The number of pyridine rings is 1. The summed E-state index contributed by atoms with van der Waals surface area (Å²) in [5.41, 5.74) is 1.02. The molecule has 98 valence electrons. The number of carbonyl (C=O) groups excluding carboxylic acids is 1. The van der Waals surface area contributed by atoms with Gasteiger partial charge >= 0.3 is 0 Å². The van der Waals surface area contributed by atoms with Crippen LogP contribution in [0.3, 0.4) is 0 Å². The van der Waals surface area contributed by atoms with Gasteiger partial charge < -0.3 is 5.32 Å². The third-order valence-corrected chi connectivity index (χ3v) is 3.18. The minimum Gasteiger partial charge on any atom is -0.349 e. The van der Waals surface area contributed by atoms with Crippen molar-refractivity contribution in [3.63, 3.8) is 0 Å². The lowest BCUT2D eigenvalue weighted by Gasteiger charge is -2.05. The van der Waals surface area contributed by atoms with Crippen molar-refractivity contribution in [2.75, 3.05) is 6.26 Å². The monoisotopic (exact) mass is 269 g/mol. The van der Waals surface area contributed by atoms with E-state index in [0.717, 1.165) is 19.1 Å². The van der Waals surface area contributed by atoms with Crippen LogP contribution < -0.4 is 10.0 Å². The molecule has 0 saturated heterocycles. The van der Waals surface area contributed by atoms with Gasteiger partial charge in [-0.25, -0.2) is 13.1 Å². The summed E-state index contributed by atoms with van der Waals surface area (Å²) in [6.45, 7) is 0.0867. The van der Waals surface area contributed by atoms with Crippen molar-refractivity contribution in [2.24, 2.45) is 0 Å². The maximum atomic E-state index is 11.8. The molecule has 1 heterocycles. The number of hydrogen-bond acceptors (Lipinski definition) is 4. The number of nitrogens with one attached hydrogen (secondary N) is 2. The van der Waals surface area contributed by atoms with Crippen molar-refractivity contribution in [3.8, 4) is 0 Å². The van der Waals surface area contributed by atoms with E-state index in [9.17, 15) is 13.2 Å². The van der Waals surface area contributed by atoms with E-state index in [-0.39, 0.29) is 12.5 Å². The van der Waals surface area contributed by atoms with Crippen LogP contribution >= 0.6 is 0 Å². The van der Waals surface area contributed by atoms with Gasteiger partial charge in [0.25, 0.3) is 5.91 Å². The second-order valence-corrected chi connectivity index (χ2v) is 6.21. The van der Waals surface area contributed by atoms with Gasteiger partial charge in [-0.05, 0) is 25.0 Å². The Kier molecular flexibility index (Phi) is 3.63. The standard InChI is InChI=1S/C11H15N3O3S/c1-18(16,17)13-7-10-6-8(4-5-12-10)11(15)14-9-2-3-9/h4-6,9,13H,2-3,7H2,1H3,(H,14,15). The number of rotatable bonds is 5. The molecule has 1 aromatic heterocycles. The Morgan fingerprint density at radius 1 is 1.50 bits per heavy atom. The minimum absolute atomic E-state index is 0.0867. The smallest absolute Gasteiger partial charge is 0.251 e. The summed E-state index contributed by atoms with van der Waals surface area (Å²) in [5, 5.41) is 2.86. The van der Waals surface area contributed by atoms with Crippen LogP contribution in [-0.2, 0) is 16.6 Å². The van der Waals surface area contributed by atoms with E-state index in [0.29, 0.717) is 17.3 Å². The van der Waals surface area contributed by atoms with E-state index in [1.165, 1.54) is 6.20 Å². The van der Waals surface area contributed by atoms with Gasteiger partial charge in [-0.3, -0.25) is 9.78 Å². The van der Waals surface area contributed by atoms with E-state index in [2.05, 4.69) is 15.0 Å². The van der Waals surface area contributed by atoms with E-state index in [4.69, 9.17) is 0 Å². The number of hydrogen-bond donors (Lipinski definition) is 2. The number of sulfonamides is 1. The van der Waals surface area contributed by atoms with Gasteiger partial charge in [0.2, 0.25) is 10.0 Å². The van der Waals surface area contributed by atoms with E-state index in [1.54, 1.807) is 12.1 Å². The molecule has 0 radical (unpaired) electrons. The number of amides is 1. The largest absolute Gasteiger partial charge is 0.349 e. The van der Waals surface area contributed by atoms with Crippen LogP contribution in [0.1, 0.15) is 28.9 Å². The molecule has 6 nitrogen and oxygen atoms in total. The molecule has 1 aliphatic carbocycles. The van der Waals surface area contributed by atoms with E-state index in [1.807, 2.05) is 0 Å². The van der Waals surface area contributed by atoms with Gasteiger partial charge in [0, 0.05) is 17.8 Å². The lowest BCUT2D eigenvalue weighted by molar-refractivity contribution is 0.0951. The maximum absolute atomic E-state index is 11.8. The van der Waals surface area contributed by atoms with Gasteiger partial charge in [-0.2, -0.15) is 0 Å². The fourth-order valence-corrected chi connectivity index (χ4v) is 1.83. The lowest BCUT2D eigenvalue weighted by atomic mass is 10.2. The zero-order chi connectivity index (χ0) is 13.2. The average Bonchev–Trinajstić information content (AvgIpc) is 3.10. The van der Waals surface area contributed by atoms with Crippen molar-refractivity contribution >= 4 is 15.9 Å². The molecule has 18 heavy (non-hydrogen) atoms. The SMILES string of the molecule is CS(=O)(=O)NCc1cc(C(=O)NC2CC2)ccn1. The van der Waals surface area contributed by atoms with Gasteiger partial charge in [0.15, 0.2) is 0 Å². The molecule has 1 amide bonds. The van der Waals surface area contributed by atoms with Gasteiger partial charge in [0.1, 0.15) is 0 Å². The highest BCUT2D eigenvalue weighted by atomic mass is 32.2. The molecule has 1 saturated carbocycles. The summed E-state index contributed by atoms with van der Waals surface area (Å²) >= 11 is 0. The molecule has 2 N–H and O–H groups in total. The highest BCUT2D eigenvalue weighted by Crippen LogP contribution is 2.19. The molecule has 1 aromatic rings. The molecule has 0 atom stereocenters. The first-order valence-corrected chi connectivity index (χ1v) is 7.53. The van der Waals surface area contributed by atoms with E-state index >= 15 is 0 Å². The number of nitrogens with zero attached hydrogens (tertiary/aromatic N) is 1. The zero-order valence-electron chi connectivity index (χ0n) is 10.0. The van der Waals surface area contributed by atoms with Crippen molar-refractivity contribution < 1.29 is 13.2 Å². The third-order valence-electron chi connectivity index (χ3n) is 2.51. The predicted octanol–water partition coefficient (Wildman–Crippen LogP) is 0.0230. The second-order valence-electron chi connectivity index (χ2n) is 4.38. The highest BCUT2D eigenvalue weighted by molar-refractivity contribution is 7.88. The van der Waals surface area contributed by atoms with Gasteiger partial charge in [0.05, 0.1) is 18.5 Å². The van der Waals surface area contributed by atoms with Crippen LogP contribution in [0.25, 0.3) is 0 Å². The first kappa shape index (κ1) is 13.0. The molecule has 1 fully saturated rings. The van der Waals surface area contributed by atoms with Gasteiger partial charge in [-0.1, -0.05) is 0 Å². The van der Waals surface area contributed by atoms with Crippen LogP contribution in [0.4, 0.5) is 0 Å². The predicted molar refractivity (Wildman–Crippen MR) is 66.4 cm³/mol. The maximum Gasteiger partial charge on any atom is 0.251 e. The second kappa shape index (κ2) is 5.03. The summed E-state index contributed by atoms with van der Waals surface area (Å²) in [7, 11) is -3.25. The van der Waals surface area contributed by atoms with Crippen LogP contribution in [0.5, 0.6) is 0 Å². The van der Waals surface area contributed by atoms with Crippen LogP contribution in [0.2, 0.25) is 0 Å². The Labute approximate surface area is 106 Å². The molecule has 1 aliphatic rings. The first-order valence-electron chi connectivity index (χ1n) is 5.64. The van der Waals surface area contributed by atoms with Crippen LogP contribution in [-0.4, -0.2) is 31.6 Å². The Bertz CT molecular complexity index is 552. The summed E-state index contributed by atoms with van der Waals surface area (Å²) in [5.74, 6) is -0.138. The fraction of sp³-hybridized carbons (Fsp3) is 0.455. The van der Waals surface area contributed by atoms with Crippen molar-refractivity contribution in [1.29, 1.82) is 0 Å². The average molecular weight is 269 g/mol. The Morgan fingerprint density at radius 3 is 2.83 bits per heavy atom. The molecular weight excluding hydrogens is 254 g/mol. The Hall–Kier alpha value is -1.47. The van der Waals surface area contributed by atoms with Gasteiger partial charge in [-0.15, -0.1) is 0 Å². The molecule has 0 aliphatic heterocycles. The summed E-state index contributed by atoms with van der Waals surface area (Å²) < 4.78 is 24.3. The van der Waals surface area contributed by atoms with Crippen molar-refractivity contribution in [3.05, 3.63) is 29.6 Å². The molecule has 2 rings (SSSR count). The van der Waals surface area contributed by atoms with Crippen molar-refractivity contribution in [1.82, 2.24) is 15.0 Å². The first-order chi connectivity index (χ1) is 8.44. The van der Waals surface area contributed by atoms with Crippen LogP contribution in [0.15, 0.2) is 18.3 Å². The third kappa shape index (κ3) is 4.08. The molecule has 0 spiro atoms. The highest BCUT2D eigenvalue weighted by Gasteiger charge is 2.23. The summed E-state index contributed by atoms with van der Waals surface area (Å²) in [6, 6.07) is 3.50. The minimum atomic E-state index is -3.25. The molecule has 0 unspecified atom stereocenters. The summed E-state index contributed by atoms with van der Waals surface area (Å²) in [6.07, 6.45) is 4.64. The summed E-state index contributed by atoms with van der Waals surface area (Å²) in [4.78, 5) is 15.8. The van der Waals surface area contributed by atoms with Crippen LogP contribution in [0, 0.1) is 0 Å². The normalized spacial score (nSPS) is 15.4. The van der Waals surface area contributed by atoms with E-state index < -0.39 is 10.0 Å². The van der Waals surface area contributed by atoms with Crippen molar-refractivity contribution in [2.45, 2.75) is 25.4 Å². The number of aromatic nitrogens is 1. The lowest BCUT2D eigenvalue weighted by Crippen LogP contribution is -2.26. The topological polar surface area (TPSA) is 88.2 Å². The quantitative estimate of drug-likeness (QED) is 0.789. The Balaban J connectivity index is 2.02. The molecule has 7 heteroatoms.